The van der Waals surface area contributed by atoms with Gasteiger partial charge in [-0.1, -0.05) is 18.2 Å². The molecule has 0 saturated carbocycles. The highest BCUT2D eigenvalue weighted by Crippen LogP contribution is 2.45. The van der Waals surface area contributed by atoms with Crippen molar-refractivity contribution in [3.63, 3.8) is 0 Å². The van der Waals surface area contributed by atoms with Crippen LogP contribution >= 0.6 is 0 Å². The largest absolute Gasteiger partial charge is 0.465 e. The number of aryl methyl sites for hydroxylation is 1. The van der Waals surface area contributed by atoms with Crippen molar-refractivity contribution < 1.29 is 9.47 Å². The number of hydrogen-bond donors (Lipinski definition) is 0. The van der Waals surface area contributed by atoms with Gasteiger partial charge in [-0.15, -0.1) is 0 Å². The first-order valence-corrected chi connectivity index (χ1v) is 10.6. The van der Waals surface area contributed by atoms with Gasteiger partial charge in [-0.05, 0) is 64.4 Å². The lowest BCUT2D eigenvalue weighted by atomic mass is 10.0. The second-order valence-corrected chi connectivity index (χ2v) is 8.27. The summed E-state index contributed by atoms with van der Waals surface area (Å²) in [4.78, 5) is 2.58. The van der Waals surface area contributed by atoms with Crippen LogP contribution in [0.5, 0.6) is 0 Å². The van der Waals surface area contributed by atoms with E-state index in [4.69, 9.17) is 14.6 Å². The molecule has 0 aliphatic carbocycles. The average molecular weight is 380 g/mol. The molecule has 0 unspecified atom stereocenters. The van der Waals surface area contributed by atoms with Gasteiger partial charge >= 0.3 is 0 Å². The summed E-state index contributed by atoms with van der Waals surface area (Å²) in [6, 6.07) is 10.6. The Morgan fingerprint density at radius 3 is 2.61 bits per heavy atom. The van der Waals surface area contributed by atoms with Crippen molar-refractivity contribution in [1.82, 2.24) is 14.7 Å². The maximum Gasteiger partial charge on any atom is 0.226 e. The molecule has 0 radical (unpaired) electrons. The van der Waals surface area contributed by atoms with E-state index in [1.54, 1.807) is 0 Å². The predicted molar refractivity (Wildman–Crippen MR) is 109 cm³/mol. The zero-order valence-electron chi connectivity index (χ0n) is 16.9. The number of benzene rings is 1. The van der Waals surface area contributed by atoms with Gasteiger partial charge in [0.25, 0.3) is 0 Å². The third kappa shape index (κ3) is 2.97. The topological polar surface area (TPSA) is 39.5 Å². The third-order valence-electron chi connectivity index (χ3n) is 6.46. The van der Waals surface area contributed by atoms with E-state index in [0.717, 1.165) is 67.4 Å². The van der Waals surface area contributed by atoms with Gasteiger partial charge in [0.15, 0.2) is 0 Å². The second kappa shape index (κ2) is 7.05. The number of rotatable bonds is 3. The van der Waals surface area contributed by atoms with Crippen molar-refractivity contribution in [2.24, 2.45) is 0 Å². The van der Waals surface area contributed by atoms with Crippen LogP contribution in [-0.2, 0) is 9.47 Å². The molecule has 0 N–H and O–H groups in total. The molecule has 1 aromatic heterocycles. The van der Waals surface area contributed by atoms with Gasteiger partial charge in [-0.2, -0.15) is 5.10 Å². The number of hydrogen-bond acceptors (Lipinski definition) is 4. The number of ether oxygens (including phenoxy) is 2. The van der Waals surface area contributed by atoms with Crippen molar-refractivity contribution in [2.75, 3.05) is 19.7 Å². The van der Waals surface area contributed by atoms with E-state index in [-0.39, 0.29) is 0 Å². The molecule has 2 aromatic rings. The summed E-state index contributed by atoms with van der Waals surface area (Å²) >= 11 is 0. The monoisotopic (exact) mass is 379 g/mol. The smallest absolute Gasteiger partial charge is 0.226 e. The van der Waals surface area contributed by atoms with Crippen LogP contribution < -0.4 is 0 Å². The minimum Gasteiger partial charge on any atom is -0.465 e. The summed E-state index contributed by atoms with van der Waals surface area (Å²) < 4.78 is 14.8. The summed E-state index contributed by atoms with van der Waals surface area (Å²) in [5.41, 5.74) is 4.42. The first kappa shape index (κ1) is 18.0. The Balaban J connectivity index is 1.47. The molecular weight excluding hydrogens is 350 g/mol. The Bertz CT molecular complexity index is 875. The molecule has 3 aliphatic rings. The van der Waals surface area contributed by atoms with Crippen LogP contribution in [0.4, 0.5) is 0 Å². The lowest BCUT2D eigenvalue weighted by Crippen LogP contribution is -2.48. The summed E-state index contributed by atoms with van der Waals surface area (Å²) in [5, 5.41) is 4.78. The van der Waals surface area contributed by atoms with Crippen LogP contribution in [0, 0.1) is 13.8 Å². The van der Waals surface area contributed by atoms with E-state index in [0.29, 0.717) is 6.04 Å². The van der Waals surface area contributed by atoms with Gasteiger partial charge < -0.3 is 9.47 Å². The van der Waals surface area contributed by atoms with Crippen molar-refractivity contribution in [3.05, 3.63) is 53.0 Å². The molecule has 0 amide bonds. The Morgan fingerprint density at radius 2 is 1.89 bits per heavy atom. The third-order valence-corrected chi connectivity index (χ3v) is 6.46. The normalized spacial score (nSPS) is 29.2. The van der Waals surface area contributed by atoms with Crippen LogP contribution in [-0.4, -0.2) is 46.2 Å². The molecule has 3 fully saturated rings. The molecule has 2 atom stereocenters. The second-order valence-electron chi connectivity index (χ2n) is 8.27. The summed E-state index contributed by atoms with van der Waals surface area (Å²) in [6.07, 6.45) is 7.78. The quantitative estimate of drug-likeness (QED) is 0.800. The molecule has 5 rings (SSSR count). The highest BCUT2D eigenvalue weighted by Gasteiger charge is 2.53. The van der Waals surface area contributed by atoms with E-state index in [9.17, 15) is 0 Å². The standard InChI is InChI=1S/C23H29N3O2/c1-17-21(18(2)26(24-17)19-9-4-3-5-10-19)15-20-16-22(25-12-6-7-13-25)23(28-20)11-8-14-27-23/h3-5,9-10,15,22H,6-8,11-14,16H2,1-2H3/b20-15-/t22-,23+/m0/s1. The Kier molecular flexibility index (Phi) is 4.52. The summed E-state index contributed by atoms with van der Waals surface area (Å²) in [7, 11) is 0. The van der Waals surface area contributed by atoms with Crippen LogP contribution in [0.1, 0.15) is 49.1 Å². The van der Waals surface area contributed by atoms with Crippen molar-refractivity contribution in [2.45, 2.75) is 57.8 Å². The molecule has 3 aliphatic heterocycles. The van der Waals surface area contributed by atoms with E-state index in [1.807, 2.05) is 22.9 Å². The zero-order valence-corrected chi connectivity index (χ0v) is 16.9. The Labute approximate surface area is 166 Å². The molecule has 1 spiro atoms. The lowest BCUT2D eigenvalue weighted by Gasteiger charge is -2.34. The fourth-order valence-electron chi connectivity index (χ4n) is 5.05. The number of nitrogens with zero attached hydrogens (tertiary/aromatic N) is 3. The number of aromatic nitrogens is 2. The molecule has 5 nitrogen and oxygen atoms in total. The van der Waals surface area contributed by atoms with Crippen LogP contribution in [0.15, 0.2) is 36.1 Å². The van der Waals surface area contributed by atoms with Crippen molar-refractivity contribution in [1.29, 1.82) is 0 Å². The molecule has 148 valence electrons. The van der Waals surface area contributed by atoms with Gasteiger partial charge in [0, 0.05) is 24.1 Å². The fourth-order valence-corrected chi connectivity index (χ4v) is 5.05. The maximum atomic E-state index is 6.52. The molecule has 3 saturated heterocycles. The molecule has 1 aromatic carbocycles. The van der Waals surface area contributed by atoms with E-state index in [2.05, 4.69) is 37.0 Å². The Hall–Kier alpha value is -2.11. The molecule has 4 heterocycles. The van der Waals surface area contributed by atoms with Gasteiger partial charge in [-0.25, -0.2) is 4.68 Å². The van der Waals surface area contributed by atoms with E-state index < -0.39 is 5.79 Å². The Morgan fingerprint density at radius 1 is 1.11 bits per heavy atom. The van der Waals surface area contributed by atoms with Gasteiger partial charge in [0.2, 0.25) is 5.79 Å². The first-order chi connectivity index (χ1) is 13.7. The van der Waals surface area contributed by atoms with Crippen molar-refractivity contribution in [3.8, 4) is 5.69 Å². The van der Waals surface area contributed by atoms with Gasteiger partial charge in [0.1, 0.15) is 5.76 Å². The number of likely N-dealkylation sites (tertiary alicyclic amines) is 1. The maximum absolute atomic E-state index is 6.52. The highest BCUT2D eigenvalue weighted by atomic mass is 16.7. The van der Waals surface area contributed by atoms with Crippen molar-refractivity contribution >= 4 is 6.08 Å². The van der Waals surface area contributed by atoms with Crippen LogP contribution in [0.3, 0.4) is 0 Å². The van der Waals surface area contributed by atoms with Gasteiger partial charge in [-0.3, -0.25) is 4.90 Å². The predicted octanol–water partition coefficient (Wildman–Crippen LogP) is 4.22. The van der Waals surface area contributed by atoms with E-state index >= 15 is 0 Å². The lowest BCUT2D eigenvalue weighted by molar-refractivity contribution is -0.191. The average Bonchev–Trinajstić information content (AvgIpc) is 3.49. The molecule has 5 heteroatoms. The van der Waals surface area contributed by atoms with Gasteiger partial charge in [0.05, 0.1) is 24.0 Å². The fraction of sp³-hybridized carbons (Fsp3) is 0.522. The molecular formula is C23H29N3O2. The minimum atomic E-state index is -0.437. The number of para-hydroxylation sites is 1. The van der Waals surface area contributed by atoms with Crippen LogP contribution in [0.2, 0.25) is 0 Å². The zero-order chi connectivity index (χ0) is 19.1. The highest BCUT2D eigenvalue weighted by molar-refractivity contribution is 5.58. The first-order valence-electron chi connectivity index (χ1n) is 10.6. The van der Waals surface area contributed by atoms with E-state index in [1.165, 1.54) is 12.8 Å². The summed E-state index contributed by atoms with van der Waals surface area (Å²) in [6.45, 7) is 7.34. The summed E-state index contributed by atoms with van der Waals surface area (Å²) in [5.74, 6) is 0.602. The van der Waals surface area contributed by atoms with Crippen LogP contribution in [0.25, 0.3) is 11.8 Å². The molecule has 0 bridgehead atoms. The molecule has 28 heavy (non-hydrogen) atoms. The SMILES string of the molecule is Cc1nn(-c2ccccc2)c(C)c1/C=C1/C[C@H](N2CCCC2)[C@@]2(CCCO2)O1. The minimum absolute atomic E-state index is 0.341.